The molecule has 0 aliphatic heterocycles. The Balaban J connectivity index is 2.51. The van der Waals surface area contributed by atoms with Crippen LogP contribution < -0.4 is 14.8 Å². The molecule has 8 heteroatoms. The minimum atomic E-state index is -4.68. The summed E-state index contributed by atoms with van der Waals surface area (Å²) >= 11 is 0. The first-order valence-corrected chi connectivity index (χ1v) is 7.68. The van der Waals surface area contributed by atoms with E-state index in [-0.39, 0.29) is 11.3 Å². The molecule has 2 rings (SSSR count). The van der Waals surface area contributed by atoms with Crippen LogP contribution in [0.1, 0.15) is 35.5 Å². The molecule has 0 aliphatic carbocycles. The third-order valence-electron chi connectivity index (χ3n) is 3.81. The monoisotopic (exact) mass is 368 g/mol. The number of amides is 1. The van der Waals surface area contributed by atoms with E-state index in [2.05, 4.69) is 10.3 Å². The van der Waals surface area contributed by atoms with Crippen LogP contribution in [0.4, 0.5) is 13.2 Å². The molecule has 2 aromatic rings. The summed E-state index contributed by atoms with van der Waals surface area (Å²) in [4.78, 5) is 17.0. The summed E-state index contributed by atoms with van der Waals surface area (Å²) in [5.41, 5.74) is -1.75. The number of nitrogens with zero attached hydrogens (tertiary/aromatic N) is 1. The number of alkyl halides is 3. The molecule has 140 valence electrons. The minimum Gasteiger partial charge on any atom is -0.496 e. The van der Waals surface area contributed by atoms with Crippen molar-refractivity contribution in [2.75, 3.05) is 14.2 Å². The molecule has 0 atom stereocenters. The van der Waals surface area contributed by atoms with E-state index in [9.17, 15) is 18.0 Å². The van der Waals surface area contributed by atoms with Crippen LogP contribution in [0.15, 0.2) is 36.5 Å². The second kappa shape index (κ2) is 7.23. The lowest BCUT2D eigenvalue weighted by Gasteiger charge is -2.27. The zero-order chi connectivity index (χ0) is 19.5. The van der Waals surface area contributed by atoms with E-state index in [0.29, 0.717) is 5.69 Å². The number of hydrogen-bond donors (Lipinski definition) is 1. The van der Waals surface area contributed by atoms with Gasteiger partial charge in [-0.3, -0.25) is 9.78 Å². The van der Waals surface area contributed by atoms with Crippen molar-refractivity contribution in [1.29, 1.82) is 0 Å². The maximum Gasteiger partial charge on any atom is 0.419 e. The highest BCUT2D eigenvalue weighted by atomic mass is 19.4. The quantitative estimate of drug-likeness (QED) is 0.873. The molecule has 0 saturated heterocycles. The van der Waals surface area contributed by atoms with Crippen LogP contribution in [0, 0.1) is 0 Å². The lowest BCUT2D eigenvalue weighted by atomic mass is 9.98. The topological polar surface area (TPSA) is 60.5 Å². The molecule has 1 amide bonds. The van der Waals surface area contributed by atoms with E-state index in [1.807, 2.05) is 0 Å². The number of carbonyl (C=O) groups excluding carboxylic acids is 1. The van der Waals surface area contributed by atoms with Gasteiger partial charge in [0.1, 0.15) is 17.1 Å². The second-order valence-corrected chi connectivity index (χ2v) is 6.02. The van der Waals surface area contributed by atoms with Crippen LogP contribution in [0.2, 0.25) is 0 Å². The van der Waals surface area contributed by atoms with Gasteiger partial charge in [0.05, 0.1) is 31.0 Å². The predicted molar refractivity (Wildman–Crippen MR) is 89.3 cm³/mol. The van der Waals surface area contributed by atoms with Crippen LogP contribution in [0.25, 0.3) is 0 Å². The molecule has 0 radical (unpaired) electrons. The van der Waals surface area contributed by atoms with Crippen LogP contribution in [0.5, 0.6) is 11.5 Å². The van der Waals surface area contributed by atoms with Gasteiger partial charge < -0.3 is 14.8 Å². The van der Waals surface area contributed by atoms with Crippen molar-refractivity contribution in [3.05, 3.63) is 53.3 Å². The Kier molecular flexibility index (Phi) is 5.44. The molecular formula is C18H19F3N2O3. The number of hydrogen-bond acceptors (Lipinski definition) is 4. The van der Waals surface area contributed by atoms with Crippen molar-refractivity contribution < 1.29 is 27.4 Å². The van der Waals surface area contributed by atoms with E-state index >= 15 is 0 Å². The Labute approximate surface area is 149 Å². The minimum absolute atomic E-state index is 0.0239. The number of methoxy groups -OCH3 is 2. The highest BCUT2D eigenvalue weighted by Crippen LogP contribution is 2.41. The average Bonchev–Trinajstić information content (AvgIpc) is 2.59. The summed E-state index contributed by atoms with van der Waals surface area (Å²) in [7, 11) is 2.34. The maximum atomic E-state index is 13.3. The van der Waals surface area contributed by atoms with Crippen LogP contribution in [-0.4, -0.2) is 25.1 Å². The third-order valence-corrected chi connectivity index (χ3v) is 3.81. The van der Waals surface area contributed by atoms with Crippen molar-refractivity contribution in [3.8, 4) is 11.5 Å². The van der Waals surface area contributed by atoms with Crippen molar-refractivity contribution >= 4 is 5.91 Å². The standard InChI is InChI=1S/C18H19F3N2O3/c1-17(2,13-7-5-6-10-22-13)23-16(24)14-12(25-3)9-8-11(15(14)26-4)18(19,20)21/h5-10H,1-4H3,(H,23,24). The number of halogens is 3. The average molecular weight is 368 g/mol. The van der Waals surface area contributed by atoms with Gasteiger partial charge in [0, 0.05) is 6.20 Å². The number of carbonyl (C=O) groups is 1. The first kappa shape index (κ1) is 19.6. The zero-order valence-corrected chi connectivity index (χ0v) is 14.8. The van der Waals surface area contributed by atoms with E-state index in [0.717, 1.165) is 19.2 Å². The summed E-state index contributed by atoms with van der Waals surface area (Å²) in [6.07, 6.45) is -3.11. The molecule has 0 bridgehead atoms. The van der Waals surface area contributed by atoms with Gasteiger partial charge >= 0.3 is 6.18 Å². The van der Waals surface area contributed by atoms with Gasteiger partial charge in [-0.25, -0.2) is 0 Å². The largest absolute Gasteiger partial charge is 0.496 e. The van der Waals surface area contributed by atoms with Gasteiger partial charge in [0.15, 0.2) is 0 Å². The third kappa shape index (κ3) is 3.89. The van der Waals surface area contributed by atoms with Crippen LogP contribution in [0.3, 0.4) is 0 Å². The summed E-state index contributed by atoms with van der Waals surface area (Å²) in [5, 5.41) is 2.69. The zero-order valence-electron chi connectivity index (χ0n) is 14.8. The van der Waals surface area contributed by atoms with Gasteiger partial charge in [-0.05, 0) is 38.1 Å². The Bertz CT molecular complexity index is 790. The fraction of sp³-hybridized carbons (Fsp3) is 0.333. The van der Waals surface area contributed by atoms with Crippen LogP contribution in [-0.2, 0) is 11.7 Å². The molecule has 0 unspecified atom stereocenters. The van der Waals surface area contributed by atoms with Crippen molar-refractivity contribution in [3.63, 3.8) is 0 Å². The molecule has 0 spiro atoms. The SMILES string of the molecule is COc1ccc(C(F)(F)F)c(OC)c1C(=O)NC(C)(C)c1ccccn1. The lowest BCUT2D eigenvalue weighted by Crippen LogP contribution is -2.42. The number of aromatic nitrogens is 1. The van der Waals surface area contributed by atoms with Crippen molar-refractivity contribution in [2.24, 2.45) is 0 Å². The van der Waals surface area contributed by atoms with Gasteiger partial charge in [-0.2, -0.15) is 13.2 Å². The first-order valence-electron chi connectivity index (χ1n) is 7.68. The fourth-order valence-corrected chi connectivity index (χ4v) is 2.53. The van der Waals surface area contributed by atoms with E-state index < -0.39 is 28.9 Å². The Morgan fingerprint density at radius 1 is 1.08 bits per heavy atom. The summed E-state index contributed by atoms with van der Waals surface area (Å²) in [6.45, 7) is 3.39. The number of pyridine rings is 1. The van der Waals surface area contributed by atoms with E-state index in [1.54, 1.807) is 38.2 Å². The second-order valence-electron chi connectivity index (χ2n) is 6.02. The maximum absolute atomic E-state index is 13.3. The Morgan fingerprint density at radius 3 is 2.27 bits per heavy atom. The molecule has 1 N–H and O–H groups in total. The fourth-order valence-electron chi connectivity index (χ4n) is 2.53. The van der Waals surface area contributed by atoms with Crippen molar-refractivity contribution in [1.82, 2.24) is 10.3 Å². The molecule has 1 aromatic heterocycles. The van der Waals surface area contributed by atoms with Gasteiger partial charge in [0.25, 0.3) is 5.91 Å². The van der Waals surface area contributed by atoms with E-state index in [1.165, 1.54) is 7.11 Å². The van der Waals surface area contributed by atoms with Gasteiger partial charge in [-0.1, -0.05) is 6.07 Å². The normalized spacial score (nSPS) is 11.8. The van der Waals surface area contributed by atoms with Gasteiger partial charge in [-0.15, -0.1) is 0 Å². The van der Waals surface area contributed by atoms with Crippen molar-refractivity contribution in [2.45, 2.75) is 25.6 Å². The predicted octanol–water partition coefficient (Wildman–Crippen LogP) is 3.78. The molecule has 26 heavy (non-hydrogen) atoms. The summed E-state index contributed by atoms with van der Waals surface area (Å²) < 4.78 is 49.7. The number of nitrogens with one attached hydrogen (secondary N) is 1. The van der Waals surface area contributed by atoms with Gasteiger partial charge in [0.2, 0.25) is 0 Å². The molecule has 5 nitrogen and oxygen atoms in total. The first-order chi connectivity index (χ1) is 12.1. The number of ether oxygens (including phenoxy) is 2. The molecule has 1 aromatic carbocycles. The van der Waals surface area contributed by atoms with Crippen LogP contribution >= 0.6 is 0 Å². The molecule has 0 fully saturated rings. The molecule has 0 aliphatic rings. The summed E-state index contributed by atoms with van der Waals surface area (Å²) in [6, 6.07) is 7.09. The Hall–Kier alpha value is -2.77. The highest BCUT2D eigenvalue weighted by molar-refractivity contribution is 6.00. The lowest BCUT2D eigenvalue weighted by molar-refractivity contribution is -0.138. The molecule has 0 saturated carbocycles. The smallest absolute Gasteiger partial charge is 0.419 e. The number of rotatable bonds is 5. The van der Waals surface area contributed by atoms with E-state index in [4.69, 9.17) is 9.47 Å². The molecule has 1 heterocycles. The highest BCUT2D eigenvalue weighted by Gasteiger charge is 2.38. The Morgan fingerprint density at radius 2 is 1.77 bits per heavy atom. The summed E-state index contributed by atoms with van der Waals surface area (Å²) in [5.74, 6) is -1.38. The molecular weight excluding hydrogens is 349 g/mol. The number of benzene rings is 1.